The summed E-state index contributed by atoms with van der Waals surface area (Å²) in [6.07, 6.45) is 4.71. The van der Waals surface area contributed by atoms with Crippen LogP contribution in [-0.2, 0) is 0 Å². The van der Waals surface area contributed by atoms with Gasteiger partial charge in [0.25, 0.3) is 0 Å². The molecule has 0 saturated carbocycles. The van der Waals surface area contributed by atoms with Gasteiger partial charge in [-0.2, -0.15) is 0 Å². The molecular formula is C19H25NO2. The molecule has 1 aliphatic heterocycles. The maximum Gasteiger partial charge on any atom is 0.120 e. The number of benzene rings is 2. The van der Waals surface area contributed by atoms with Gasteiger partial charge in [0.2, 0.25) is 0 Å². The van der Waals surface area contributed by atoms with E-state index in [0.29, 0.717) is 13.2 Å². The molecule has 1 atom stereocenters. The Morgan fingerprint density at radius 1 is 0.955 bits per heavy atom. The Hall–Kier alpha value is -1.58. The van der Waals surface area contributed by atoms with Gasteiger partial charge < -0.3 is 14.7 Å². The van der Waals surface area contributed by atoms with Crippen molar-refractivity contribution in [2.45, 2.75) is 31.8 Å². The molecule has 3 rings (SSSR count). The van der Waals surface area contributed by atoms with E-state index in [4.69, 9.17) is 4.74 Å². The van der Waals surface area contributed by atoms with Gasteiger partial charge in [0.15, 0.2) is 0 Å². The molecule has 0 aromatic heterocycles. The molecule has 22 heavy (non-hydrogen) atoms. The molecule has 1 fully saturated rings. The van der Waals surface area contributed by atoms with Crippen LogP contribution in [0.2, 0.25) is 0 Å². The second-order valence-electron chi connectivity index (χ2n) is 6.19. The third-order valence-corrected chi connectivity index (χ3v) is 4.33. The topological polar surface area (TPSA) is 32.7 Å². The van der Waals surface area contributed by atoms with Crippen LogP contribution in [0.25, 0.3) is 10.8 Å². The molecule has 0 radical (unpaired) electrons. The number of nitrogens with zero attached hydrogens (tertiary/aromatic N) is 1. The molecule has 3 heteroatoms. The third kappa shape index (κ3) is 4.21. The van der Waals surface area contributed by atoms with Crippen molar-refractivity contribution in [3.63, 3.8) is 0 Å². The molecule has 1 saturated heterocycles. The van der Waals surface area contributed by atoms with Crippen LogP contribution in [0.3, 0.4) is 0 Å². The maximum atomic E-state index is 10.2. The normalized spacial score (nSPS) is 18.0. The van der Waals surface area contributed by atoms with Crippen LogP contribution in [0.15, 0.2) is 42.5 Å². The van der Waals surface area contributed by atoms with E-state index in [0.717, 1.165) is 18.8 Å². The van der Waals surface area contributed by atoms with E-state index >= 15 is 0 Å². The van der Waals surface area contributed by atoms with Crippen LogP contribution >= 0.6 is 0 Å². The lowest BCUT2D eigenvalue weighted by atomic mass is 10.1. The first-order chi connectivity index (χ1) is 10.8. The Labute approximate surface area is 132 Å². The van der Waals surface area contributed by atoms with E-state index < -0.39 is 6.10 Å². The number of hydrogen-bond acceptors (Lipinski definition) is 3. The molecule has 1 heterocycles. The molecule has 3 nitrogen and oxygen atoms in total. The van der Waals surface area contributed by atoms with Crippen molar-refractivity contribution in [2.24, 2.45) is 0 Å². The van der Waals surface area contributed by atoms with Gasteiger partial charge in [0.1, 0.15) is 18.5 Å². The zero-order valence-corrected chi connectivity index (χ0v) is 13.1. The summed E-state index contributed by atoms with van der Waals surface area (Å²) < 4.78 is 5.77. The number of ether oxygens (including phenoxy) is 1. The Balaban J connectivity index is 1.51. The van der Waals surface area contributed by atoms with E-state index in [1.807, 2.05) is 24.3 Å². The first kappa shape index (κ1) is 15.3. The average molecular weight is 299 g/mol. The van der Waals surface area contributed by atoms with E-state index in [9.17, 15) is 5.11 Å². The second-order valence-corrected chi connectivity index (χ2v) is 6.19. The van der Waals surface area contributed by atoms with Crippen LogP contribution < -0.4 is 4.74 Å². The zero-order chi connectivity index (χ0) is 15.2. The minimum atomic E-state index is -0.426. The molecule has 2 aromatic rings. The molecule has 0 bridgehead atoms. The lowest BCUT2D eigenvalue weighted by Crippen LogP contribution is -2.36. The maximum absolute atomic E-state index is 10.2. The molecule has 0 amide bonds. The number of aliphatic hydroxyl groups excluding tert-OH is 1. The first-order valence-corrected chi connectivity index (χ1v) is 8.33. The van der Waals surface area contributed by atoms with Crippen LogP contribution in [0.1, 0.15) is 25.7 Å². The summed E-state index contributed by atoms with van der Waals surface area (Å²) >= 11 is 0. The Morgan fingerprint density at radius 2 is 1.68 bits per heavy atom. The van der Waals surface area contributed by atoms with Crippen molar-refractivity contribution in [2.75, 3.05) is 26.2 Å². The summed E-state index contributed by atoms with van der Waals surface area (Å²) in [7, 11) is 0. The largest absolute Gasteiger partial charge is 0.491 e. The molecular weight excluding hydrogens is 274 g/mol. The fourth-order valence-corrected chi connectivity index (χ4v) is 3.12. The highest BCUT2D eigenvalue weighted by molar-refractivity contribution is 5.83. The van der Waals surface area contributed by atoms with E-state index in [2.05, 4.69) is 23.1 Å². The van der Waals surface area contributed by atoms with Crippen molar-refractivity contribution in [1.29, 1.82) is 0 Å². The fraction of sp³-hybridized carbons (Fsp3) is 0.474. The van der Waals surface area contributed by atoms with Crippen molar-refractivity contribution < 1.29 is 9.84 Å². The van der Waals surface area contributed by atoms with Crippen molar-refractivity contribution in [3.05, 3.63) is 42.5 Å². The summed E-state index contributed by atoms with van der Waals surface area (Å²) in [5, 5.41) is 12.6. The molecule has 118 valence electrons. The van der Waals surface area contributed by atoms with Gasteiger partial charge in [-0.1, -0.05) is 43.2 Å². The molecule has 2 aromatic carbocycles. The highest BCUT2D eigenvalue weighted by Crippen LogP contribution is 2.20. The lowest BCUT2D eigenvalue weighted by Gasteiger charge is -2.23. The number of likely N-dealkylation sites (tertiary alicyclic amines) is 1. The minimum absolute atomic E-state index is 0.356. The van der Waals surface area contributed by atoms with Gasteiger partial charge in [0.05, 0.1) is 0 Å². The highest BCUT2D eigenvalue weighted by Gasteiger charge is 2.14. The summed E-state index contributed by atoms with van der Waals surface area (Å²) in [5.41, 5.74) is 0. The monoisotopic (exact) mass is 299 g/mol. The molecule has 0 aliphatic carbocycles. The predicted octanol–water partition coefficient (Wildman–Crippen LogP) is 3.46. The van der Waals surface area contributed by atoms with Gasteiger partial charge in [-0.25, -0.2) is 0 Å². The van der Waals surface area contributed by atoms with E-state index in [-0.39, 0.29) is 0 Å². The van der Waals surface area contributed by atoms with Crippen LogP contribution in [0, 0.1) is 0 Å². The van der Waals surface area contributed by atoms with Crippen molar-refractivity contribution >= 4 is 10.8 Å². The minimum Gasteiger partial charge on any atom is -0.491 e. The van der Waals surface area contributed by atoms with Crippen LogP contribution in [-0.4, -0.2) is 42.4 Å². The predicted molar refractivity (Wildman–Crippen MR) is 90.4 cm³/mol. The summed E-state index contributed by atoms with van der Waals surface area (Å²) in [6, 6.07) is 14.3. The average Bonchev–Trinajstić information content (AvgIpc) is 2.81. The van der Waals surface area contributed by atoms with Gasteiger partial charge in [-0.3, -0.25) is 0 Å². The van der Waals surface area contributed by atoms with Crippen LogP contribution in [0.4, 0.5) is 0 Å². The molecule has 1 N–H and O–H groups in total. The molecule has 0 unspecified atom stereocenters. The smallest absolute Gasteiger partial charge is 0.120 e. The van der Waals surface area contributed by atoms with Crippen molar-refractivity contribution in [1.82, 2.24) is 4.90 Å². The summed E-state index contributed by atoms with van der Waals surface area (Å²) in [5.74, 6) is 0.827. The second kappa shape index (κ2) is 7.61. The standard InChI is InChI=1S/C19H25NO2/c21-18(14-20-11-5-1-2-6-12-20)15-22-19-10-9-16-7-3-4-8-17(16)13-19/h3-4,7-10,13,18,21H,1-2,5-6,11-12,14-15H2/t18-/m0/s1. The summed E-state index contributed by atoms with van der Waals surface area (Å²) in [4.78, 5) is 2.36. The number of rotatable bonds is 5. The highest BCUT2D eigenvalue weighted by atomic mass is 16.5. The Bertz CT molecular complexity index is 591. The number of β-amino-alcohol motifs (C(OH)–C–C–N with tert-alkyl or cyclic N) is 1. The fourth-order valence-electron chi connectivity index (χ4n) is 3.12. The molecule has 1 aliphatic rings. The zero-order valence-electron chi connectivity index (χ0n) is 13.1. The number of aliphatic hydroxyl groups is 1. The Kier molecular flexibility index (Phi) is 5.30. The quantitative estimate of drug-likeness (QED) is 0.918. The third-order valence-electron chi connectivity index (χ3n) is 4.33. The van der Waals surface area contributed by atoms with Gasteiger partial charge >= 0.3 is 0 Å². The van der Waals surface area contributed by atoms with E-state index in [1.54, 1.807) is 0 Å². The summed E-state index contributed by atoms with van der Waals surface area (Å²) in [6.45, 7) is 3.28. The first-order valence-electron chi connectivity index (χ1n) is 8.33. The van der Waals surface area contributed by atoms with Gasteiger partial charge in [0, 0.05) is 6.54 Å². The Morgan fingerprint density at radius 3 is 2.45 bits per heavy atom. The SMILES string of the molecule is O[C@H](COc1ccc2ccccc2c1)CN1CCCCCC1. The lowest BCUT2D eigenvalue weighted by molar-refractivity contribution is 0.0694. The number of hydrogen-bond donors (Lipinski definition) is 1. The van der Waals surface area contributed by atoms with Gasteiger partial charge in [-0.15, -0.1) is 0 Å². The van der Waals surface area contributed by atoms with Crippen LogP contribution in [0.5, 0.6) is 5.75 Å². The van der Waals surface area contributed by atoms with E-state index in [1.165, 1.54) is 36.5 Å². The van der Waals surface area contributed by atoms with Crippen molar-refractivity contribution in [3.8, 4) is 5.75 Å². The van der Waals surface area contributed by atoms with Gasteiger partial charge in [-0.05, 0) is 48.8 Å². The number of fused-ring (bicyclic) bond motifs is 1. The molecule has 0 spiro atoms.